The molecule has 0 saturated carbocycles. The van der Waals surface area contributed by atoms with Crippen molar-refractivity contribution in [1.29, 1.82) is 0 Å². The van der Waals surface area contributed by atoms with Gasteiger partial charge in [-0.2, -0.15) is 0 Å². The van der Waals surface area contributed by atoms with Gasteiger partial charge in [0, 0.05) is 0 Å². The maximum atomic E-state index is 12.7. The van der Waals surface area contributed by atoms with Gasteiger partial charge in [0.1, 0.15) is 24.6 Å². The van der Waals surface area contributed by atoms with Crippen molar-refractivity contribution in [3.05, 3.63) is 77.9 Å². The van der Waals surface area contributed by atoms with Gasteiger partial charge in [-0.1, -0.05) is 30.3 Å². The van der Waals surface area contributed by atoms with Crippen LogP contribution >= 0.6 is 0 Å². The van der Waals surface area contributed by atoms with Crippen LogP contribution in [0, 0.1) is 0 Å². The van der Waals surface area contributed by atoms with E-state index in [4.69, 9.17) is 23.7 Å². The van der Waals surface area contributed by atoms with Crippen molar-refractivity contribution in [2.75, 3.05) is 13.7 Å². The molecule has 1 unspecified atom stereocenters. The number of hydrogen-bond acceptors (Lipinski definition) is 7. The van der Waals surface area contributed by atoms with E-state index in [-0.39, 0.29) is 30.4 Å². The molecule has 0 radical (unpaired) electrons. The summed E-state index contributed by atoms with van der Waals surface area (Å²) in [5.41, 5.74) is 0.733. The Kier molecular flexibility index (Phi) is 8.44. The van der Waals surface area contributed by atoms with Crippen LogP contribution in [0.25, 0.3) is 0 Å². The maximum absolute atomic E-state index is 12.7. The Balaban J connectivity index is 1.77. The fourth-order valence-electron chi connectivity index (χ4n) is 3.77. The number of esters is 1. The van der Waals surface area contributed by atoms with Gasteiger partial charge < -0.3 is 28.8 Å². The van der Waals surface area contributed by atoms with Gasteiger partial charge in [0.25, 0.3) is 0 Å². The lowest BCUT2D eigenvalue weighted by Crippen LogP contribution is -2.41. The van der Waals surface area contributed by atoms with Gasteiger partial charge in [0.05, 0.1) is 30.9 Å². The number of rotatable bonds is 11. The number of hydrogen-bond donors (Lipinski definition) is 1. The topological polar surface area (TPSA) is 101 Å². The van der Waals surface area contributed by atoms with E-state index in [0.29, 0.717) is 6.42 Å². The summed E-state index contributed by atoms with van der Waals surface area (Å²) in [6.07, 6.45) is 0.701. The molecule has 8 heteroatoms. The van der Waals surface area contributed by atoms with E-state index in [1.165, 1.54) is 12.1 Å². The molecular weight excluding hydrogens is 440 g/mol. The summed E-state index contributed by atoms with van der Waals surface area (Å²) < 4.78 is 28.9. The molecule has 2 aromatic carbocycles. The average Bonchev–Trinajstić information content (AvgIpc) is 3.13. The summed E-state index contributed by atoms with van der Waals surface area (Å²) >= 11 is 0. The van der Waals surface area contributed by atoms with Crippen molar-refractivity contribution < 1.29 is 38.4 Å². The van der Waals surface area contributed by atoms with Crippen LogP contribution in [-0.2, 0) is 25.6 Å². The van der Waals surface area contributed by atoms with E-state index in [1.54, 1.807) is 39.2 Å². The molecule has 34 heavy (non-hydrogen) atoms. The Morgan fingerprint density at radius 2 is 1.79 bits per heavy atom. The van der Waals surface area contributed by atoms with Crippen LogP contribution in [0.5, 0.6) is 5.75 Å². The van der Waals surface area contributed by atoms with Gasteiger partial charge >= 0.3 is 11.9 Å². The molecule has 1 N–H and O–H groups in total. The number of carboxylic acids is 1. The minimum atomic E-state index is -1.21. The number of carbonyl (C=O) groups excluding carboxylic acids is 1. The molecule has 0 bridgehead atoms. The van der Waals surface area contributed by atoms with Gasteiger partial charge in [0.2, 0.25) is 0 Å². The van der Waals surface area contributed by atoms with Crippen molar-refractivity contribution in [2.45, 2.75) is 51.0 Å². The fraction of sp³-hybridized carbons (Fsp3) is 0.385. The van der Waals surface area contributed by atoms with E-state index >= 15 is 0 Å². The van der Waals surface area contributed by atoms with Crippen molar-refractivity contribution >= 4 is 11.9 Å². The van der Waals surface area contributed by atoms with E-state index in [2.05, 4.69) is 6.58 Å². The monoisotopic (exact) mass is 470 g/mol. The van der Waals surface area contributed by atoms with Crippen molar-refractivity contribution in [3.8, 4) is 5.75 Å². The molecule has 0 aromatic heterocycles. The first-order chi connectivity index (χ1) is 16.2. The first kappa shape index (κ1) is 25.4. The predicted molar refractivity (Wildman–Crippen MR) is 124 cm³/mol. The highest BCUT2D eigenvalue weighted by molar-refractivity contribution is 6.02. The van der Waals surface area contributed by atoms with Gasteiger partial charge in [0.15, 0.2) is 5.79 Å². The smallest absolute Gasteiger partial charge is 0.339 e. The maximum Gasteiger partial charge on any atom is 0.339 e. The van der Waals surface area contributed by atoms with Crippen LogP contribution in [0.4, 0.5) is 0 Å². The summed E-state index contributed by atoms with van der Waals surface area (Å²) in [4.78, 5) is 24.2. The SMILES string of the molecule is C=CC[C@@H]1OC(C)(C)OC1[C@@H](COC(=O)c1ccccc1C(=O)O)OCc1ccc(OC)cc1. The molecule has 1 heterocycles. The zero-order chi connectivity index (χ0) is 24.7. The molecule has 0 amide bonds. The molecule has 1 aliphatic heterocycles. The summed E-state index contributed by atoms with van der Waals surface area (Å²) in [7, 11) is 1.59. The first-order valence-electron chi connectivity index (χ1n) is 10.9. The highest BCUT2D eigenvalue weighted by Gasteiger charge is 2.45. The quantitative estimate of drug-likeness (QED) is 0.385. The Hall–Kier alpha value is -3.20. The van der Waals surface area contributed by atoms with Gasteiger partial charge in [-0.15, -0.1) is 6.58 Å². The Morgan fingerprint density at radius 3 is 2.41 bits per heavy atom. The van der Waals surface area contributed by atoms with Crippen molar-refractivity contribution in [1.82, 2.24) is 0 Å². The fourth-order valence-corrected chi connectivity index (χ4v) is 3.77. The zero-order valence-electron chi connectivity index (χ0n) is 19.6. The Bertz CT molecular complexity index is 998. The van der Waals surface area contributed by atoms with Crippen LogP contribution < -0.4 is 4.74 Å². The van der Waals surface area contributed by atoms with Crippen molar-refractivity contribution in [2.24, 2.45) is 0 Å². The lowest BCUT2D eigenvalue weighted by molar-refractivity contribution is -0.164. The number of ether oxygens (including phenoxy) is 5. The van der Waals surface area contributed by atoms with Gasteiger partial charge in [-0.25, -0.2) is 9.59 Å². The molecule has 3 atom stereocenters. The molecule has 1 saturated heterocycles. The second-order valence-corrected chi connectivity index (χ2v) is 8.31. The highest BCUT2D eigenvalue weighted by Crippen LogP contribution is 2.33. The number of carboxylic acid groups (broad SMARTS) is 1. The first-order valence-corrected chi connectivity index (χ1v) is 10.9. The number of carbonyl (C=O) groups is 2. The molecule has 1 fully saturated rings. The third-order valence-corrected chi connectivity index (χ3v) is 5.37. The summed E-state index contributed by atoms with van der Waals surface area (Å²) in [6, 6.07) is 13.3. The normalized spacial score (nSPS) is 19.9. The molecule has 3 rings (SSSR count). The lowest BCUT2D eigenvalue weighted by Gasteiger charge is -2.26. The second kappa shape index (κ2) is 11.3. The predicted octanol–water partition coefficient (Wildman–Crippen LogP) is 4.23. The van der Waals surface area contributed by atoms with E-state index < -0.39 is 29.9 Å². The van der Waals surface area contributed by atoms with E-state index in [0.717, 1.165) is 11.3 Å². The summed E-state index contributed by atoms with van der Waals surface area (Å²) in [6.45, 7) is 7.48. The third kappa shape index (κ3) is 6.44. The highest BCUT2D eigenvalue weighted by atomic mass is 16.8. The lowest BCUT2D eigenvalue weighted by atomic mass is 10.1. The average molecular weight is 471 g/mol. The second-order valence-electron chi connectivity index (χ2n) is 8.31. The Morgan fingerprint density at radius 1 is 1.12 bits per heavy atom. The van der Waals surface area contributed by atoms with Gasteiger partial charge in [-0.05, 0) is 50.1 Å². The van der Waals surface area contributed by atoms with Crippen LogP contribution in [0.1, 0.15) is 46.5 Å². The zero-order valence-corrected chi connectivity index (χ0v) is 19.6. The standard InChI is InChI=1S/C26H30O8/c1-5-8-21-23(34-26(2,3)33-21)22(31-15-17-11-13-18(30-4)14-12-17)16-32-25(29)20-10-7-6-9-19(20)24(27)28/h5-7,9-14,21-23H,1,8,15-16H2,2-4H3,(H,27,28)/t21-,22+,23?/m0/s1. The number of methoxy groups -OCH3 is 1. The largest absolute Gasteiger partial charge is 0.497 e. The van der Waals surface area contributed by atoms with Crippen LogP contribution in [0.3, 0.4) is 0 Å². The van der Waals surface area contributed by atoms with Crippen molar-refractivity contribution in [3.63, 3.8) is 0 Å². The van der Waals surface area contributed by atoms with Gasteiger partial charge in [-0.3, -0.25) is 0 Å². The number of benzene rings is 2. The van der Waals surface area contributed by atoms with Crippen LogP contribution in [0.2, 0.25) is 0 Å². The molecule has 1 aliphatic rings. The summed E-state index contributed by atoms with van der Waals surface area (Å²) in [5.74, 6) is -2.08. The third-order valence-electron chi connectivity index (χ3n) is 5.37. The molecule has 182 valence electrons. The number of aromatic carboxylic acids is 1. The molecule has 0 spiro atoms. The van der Waals surface area contributed by atoms with Crippen LogP contribution in [-0.4, -0.2) is 54.9 Å². The Labute approximate surface area is 199 Å². The molecule has 2 aromatic rings. The summed E-state index contributed by atoms with van der Waals surface area (Å²) in [5, 5.41) is 9.38. The molecular formula is C26H30O8. The minimum Gasteiger partial charge on any atom is -0.497 e. The van der Waals surface area contributed by atoms with E-state index in [9.17, 15) is 14.7 Å². The van der Waals surface area contributed by atoms with E-state index in [1.807, 2.05) is 24.3 Å². The molecule has 0 aliphatic carbocycles. The van der Waals surface area contributed by atoms with Crippen LogP contribution in [0.15, 0.2) is 61.2 Å². The molecule has 8 nitrogen and oxygen atoms in total. The minimum absolute atomic E-state index is 0.0320.